The van der Waals surface area contributed by atoms with Crippen molar-refractivity contribution >= 4 is 38.3 Å². The van der Waals surface area contributed by atoms with Gasteiger partial charge in [-0.05, 0) is 66.0 Å². The van der Waals surface area contributed by atoms with Crippen molar-refractivity contribution < 1.29 is 13.2 Å². The van der Waals surface area contributed by atoms with Gasteiger partial charge < -0.3 is 10.5 Å². The first-order chi connectivity index (χ1) is 9.42. The minimum atomic E-state index is -3.64. The van der Waals surface area contributed by atoms with Crippen molar-refractivity contribution in [3.05, 3.63) is 46.0 Å². The van der Waals surface area contributed by atoms with Crippen molar-refractivity contribution in [2.45, 2.75) is 4.90 Å². The number of hydrogen-bond donors (Lipinski definition) is 2. The summed E-state index contributed by atoms with van der Waals surface area (Å²) in [7, 11) is -2.30. The van der Waals surface area contributed by atoms with E-state index in [4.69, 9.17) is 10.5 Å². The highest BCUT2D eigenvalue weighted by atomic mass is 127. The minimum Gasteiger partial charge on any atom is -0.456 e. The number of sulfonamides is 1. The summed E-state index contributed by atoms with van der Waals surface area (Å²) < 4.78 is 32.9. The molecule has 5 nitrogen and oxygen atoms in total. The van der Waals surface area contributed by atoms with Crippen LogP contribution in [-0.4, -0.2) is 15.5 Å². The predicted molar refractivity (Wildman–Crippen MR) is 86.3 cm³/mol. The van der Waals surface area contributed by atoms with Gasteiger partial charge in [0.1, 0.15) is 16.4 Å². The molecule has 0 radical (unpaired) electrons. The number of benzene rings is 2. The summed E-state index contributed by atoms with van der Waals surface area (Å²) in [5, 5.41) is 0. The average molecular weight is 404 g/mol. The van der Waals surface area contributed by atoms with Gasteiger partial charge in [-0.3, -0.25) is 0 Å². The van der Waals surface area contributed by atoms with E-state index >= 15 is 0 Å². The van der Waals surface area contributed by atoms with Gasteiger partial charge in [-0.2, -0.15) is 0 Å². The summed E-state index contributed by atoms with van der Waals surface area (Å²) in [6.45, 7) is 0. The van der Waals surface area contributed by atoms with Crippen LogP contribution >= 0.6 is 22.6 Å². The van der Waals surface area contributed by atoms with Crippen molar-refractivity contribution in [3.8, 4) is 11.5 Å². The Kier molecular flexibility index (Phi) is 4.51. The maximum absolute atomic E-state index is 12.0. The maximum atomic E-state index is 12.0. The Labute approximate surface area is 131 Å². The standard InChI is InChI=1S/C13H13IN2O3S/c1-16-20(17,18)13-8-10(15)5-6-12(13)19-11-4-2-3-9(14)7-11/h2-8,16H,15H2,1H3. The molecular weight excluding hydrogens is 391 g/mol. The molecule has 0 saturated heterocycles. The zero-order valence-electron chi connectivity index (χ0n) is 10.6. The fourth-order valence-electron chi connectivity index (χ4n) is 1.59. The first kappa shape index (κ1) is 15.1. The van der Waals surface area contributed by atoms with E-state index in [1.165, 1.54) is 13.1 Å². The van der Waals surface area contributed by atoms with E-state index in [1.54, 1.807) is 18.2 Å². The topological polar surface area (TPSA) is 81.4 Å². The van der Waals surface area contributed by atoms with Crippen LogP contribution in [0, 0.1) is 3.57 Å². The van der Waals surface area contributed by atoms with E-state index in [-0.39, 0.29) is 10.6 Å². The van der Waals surface area contributed by atoms with Crippen LogP contribution < -0.4 is 15.2 Å². The van der Waals surface area contributed by atoms with Gasteiger partial charge in [0.15, 0.2) is 0 Å². The van der Waals surface area contributed by atoms with Crippen molar-refractivity contribution in [2.75, 3.05) is 12.8 Å². The molecule has 20 heavy (non-hydrogen) atoms. The van der Waals surface area contributed by atoms with Crippen molar-refractivity contribution in [2.24, 2.45) is 0 Å². The van der Waals surface area contributed by atoms with Crippen LogP contribution in [0.15, 0.2) is 47.4 Å². The molecule has 0 fully saturated rings. The zero-order chi connectivity index (χ0) is 14.8. The smallest absolute Gasteiger partial charge is 0.244 e. The molecule has 0 atom stereocenters. The van der Waals surface area contributed by atoms with E-state index in [9.17, 15) is 8.42 Å². The molecule has 0 aliphatic carbocycles. The summed E-state index contributed by atoms with van der Waals surface area (Å²) in [5.41, 5.74) is 6.00. The molecule has 0 spiro atoms. The van der Waals surface area contributed by atoms with Crippen LogP contribution in [0.1, 0.15) is 0 Å². The van der Waals surface area contributed by atoms with Gasteiger partial charge in [0.05, 0.1) is 0 Å². The number of ether oxygens (including phenoxy) is 1. The van der Waals surface area contributed by atoms with Crippen molar-refractivity contribution in [3.63, 3.8) is 0 Å². The Morgan fingerprint density at radius 3 is 2.60 bits per heavy atom. The second kappa shape index (κ2) is 5.98. The quantitative estimate of drug-likeness (QED) is 0.607. The lowest BCUT2D eigenvalue weighted by Crippen LogP contribution is -2.19. The van der Waals surface area contributed by atoms with Gasteiger partial charge in [0.25, 0.3) is 0 Å². The fraction of sp³-hybridized carbons (Fsp3) is 0.0769. The normalized spacial score (nSPS) is 11.3. The predicted octanol–water partition coefficient (Wildman–Crippen LogP) is 2.57. The van der Waals surface area contributed by atoms with E-state index in [1.807, 2.05) is 18.2 Å². The third-order valence-electron chi connectivity index (χ3n) is 2.55. The maximum Gasteiger partial charge on any atom is 0.244 e. The van der Waals surface area contributed by atoms with Crippen molar-refractivity contribution in [1.29, 1.82) is 0 Å². The third kappa shape index (κ3) is 3.41. The number of nitrogens with two attached hydrogens (primary N) is 1. The second-order valence-corrected chi connectivity index (χ2v) is 7.07. The Morgan fingerprint density at radius 2 is 1.95 bits per heavy atom. The van der Waals surface area contributed by atoms with Crippen LogP contribution in [0.4, 0.5) is 5.69 Å². The molecule has 0 saturated carbocycles. The highest BCUT2D eigenvalue weighted by molar-refractivity contribution is 14.1. The van der Waals surface area contributed by atoms with Crippen LogP contribution in [0.25, 0.3) is 0 Å². The second-order valence-electron chi connectivity index (χ2n) is 3.97. The van der Waals surface area contributed by atoms with Gasteiger partial charge in [-0.1, -0.05) is 6.07 Å². The van der Waals surface area contributed by atoms with Crippen LogP contribution in [0.2, 0.25) is 0 Å². The Hall–Kier alpha value is -1.32. The summed E-state index contributed by atoms with van der Waals surface area (Å²) in [4.78, 5) is 0.0128. The molecule has 0 unspecified atom stereocenters. The summed E-state index contributed by atoms with van der Waals surface area (Å²) >= 11 is 2.16. The Morgan fingerprint density at radius 1 is 1.20 bits per heavy atom. The number of rotatable bonds is 4. The molecule has 3 N–H and O–H groups in total. The van der Waals surface area contributed by atoms with Crippen LogP contribution in [0.3, 0.4) is 0 Å². The summed E-state index contributed by atoms with van der Waals surface area (Å²) in [6, 6.07) is 11.8. The summed E-state index contributed by atoms with van der Waals surface area (Å²) in [6.07, 6.45) is 0. The van der Waals surface area contributed by atoms with Gasteiger partial charge >= 0.3 is 0 Å². The number of nitrogens with one attached hydrogen (secondary N) is 1. The monoisotopic (exact) mass is 404 g/mol. The molecular formula is C13H13IN2O3S. The van der Waals surface area contributed by atoms with E-state index in [0.717, 1.165) is 3.57 Å². The molecule has 2 aromatic rings. The van der Waals surface area contributed by atoms with E-state index < -0.39 is 10.0 Å². The van der Waals surface area contributed by atoms with Crippen LogP contribution in [0.5, 0.6) is 11.5 Å². The molecule has 0 aliphatic heterocycles. The van der Waals surface area contributed by atoms with Gasteiger partial charge in [-0.15, -0.1) is 0 Å². The molecule has 0 amide bonds. The number of nitrogen functional groups attached to an aromatic ring is 1. The molecule has 7 heteroatoms. The largest absolute Gasteiger partial charge is 0.456 e. The van der Waals surface area contributed by atoms with Crippen molar-refractivity contribution in [1.82, 2.24) is 4.72 Å². The zero-order valence-corrected chi connectivity index (χ0v) is 13.6. The Balaban J connectivity index is 2.47. The minimum absolute atomic E-state index is 0.0128. The Bertz CT molecular complexity index is 732. The lowest BCUT2D eigenvalue weighted by Gasteiger charge is -2.12. The molecule has 0 heterocycles. The van der Waals surface area contributed by atoms with Crippen LogP contribution in [-0.2, 0) is 10.0 Å². The molecule has 106 valence electrons. The highest BCUT2D eigenvalue weighted by Gasteiger charge is 2.18. The number of halogens is 1. The molecule has 0 aromatic heterocycles. The fourth-order valence-corrected chi connectivity index (χ4v) is 2.99. The van der Waals surface area contributed by atoms with Gasteiger partial charge in [-0.25, -0.2) is 13.1 Å². The SMILES string of the molecule is CNS(=O)(=O)c1cc(N)ccc1Oc1cccc(I)c1. The lowest BCUT2D eigenvalue weighted by atomic mass is 10.3. The molecule has 0 aliphatic rings. The van der Waals surface area contributed by atoms with Gasteiger partial charge in [0.2, 0.25) is 10.0 Å². The first-order valence-electron chi connectivity index (χ1n) is 5.69. The molecule has 0 bridgehead atoms. The van der Waals surface area contributed by atoms with E-state index in [2.05, 4.69) is 27.3 Å². The molecule has 2 rings (SSSR count). The highest BCUT2D eigenvalue weighted by Crippen LogP contribution is 2.30. The van der Waals surface area contributed by atoms with E-state index in [0.29, 0.717) is 11.4 Å². The number of anilines is 1. The summed E-state index contributed by atoms with van der Waals surface area (Å²) in [5.74, 6) is 0.796. The van der Waals surface area contributed by atoms with Gasteiger partial charge in [0, 0.05) is 9.26 Å². The first-order valence-corrected chi connectivity index (χ1v) is 8.25. The average Bonchev–Trinajstić information content (AvgIpc) is 2.41. The lowest BCUT2D eigenvalue weighted by molar-refractivity contribution is 0.467. The molecule has 2 aromatic carbocycles. The number of hydrogen-bond acceptors (Lipinski definition) is 4. The third-order valence-corrected chi connectivity index (χ3v) is 4.66.